The van der Waals surface area contributed by atoms with Crippen molar-refractivity contribution < 1.29 is 0 Å². The molecular formula is C9H7Br2Cl. The zero-order valence-electron chi connectivity index (χ0n) is 6.23. The van der Waals surface area contributed by atoms with Gasteiger partial charge in [0.15, 0.2) is 0 Å². The van der Waals surface area contributed by atoms with Crippen LogP contribution in [0.4, 0.5) is 0 Å². The van der Waals surface area contributed by atoms with E-state index in [1.807, 2.05) is 30.4 Å². The first kappa shape index (κ1) is 10.3. The summed E-state index contributed by atoms with van der Waals surface area (Å²) in [6.45, 7) is 0. The van der Waals surface area contributed by atoms with E-state index in [-0.39, 0.29) is 0 Å². The molecule has 0 aromatic heterocycles. The summed E-state index contributed by atoms with van der Waals surface area (Å²) in [6.07, 6.45) is 3.90. The van der Waals surface area contributed by atoms with E-state index in [4.69, 9.17) is 11.6 Å². The molecule has 0 saturated carbocycles. The molecule has 3 heteroatoms. The average Bonchev–Trinajstić information content (AvgIpc) is 1.99. The molecule has 0 unspecified atom stereocenters. The molecule has 0 N–H and O–H groups in total. The summed E-state index contributed by atoms with van der Waals surface area (Å²) >= 11 is 12.3. The summed E-state index contributed by atoms with van der Waals surface area (Å²) in [5, 5.41) is 0. The van der Waals surface area contributed by atoms with Gasteiger partial charge in [-0.2, -0.15) is 0 Å². The Labute approximate surface area is 93.9 Å². The van der Waals surface area contributed by atoms with E-state index in [9.17, 15) is 0 Å². The molecule has 0 aliphatic carbocycles. The Balaban J connectivity index is 2.93. The van der Waals surface area contributed by atoms with Gasteiger partial charge in [-0.1, -0.05) is 44.0 Å². The highest BCUT2D eigenvalue weighted by atomic mass is 79.9. The molecule has 0 heterocycles. The van der Waals surface area contributed by atoms with Crippen LogP contribution < -0.4 is 0 Å². The third-order valence-electron chi connectivity index (χ3n) is 1.28. The number of alkyl halides is 1. The largest absolute Gasteiger partial charge is 0.122 e. The zero-order valence-corrected chi connectivity index (χ0v) is 10.2. The highest BCUT2D eigenvalue weighted by Crippen LogP contribution is 2.20. The van der Waals surface area contributed by atoms with E-state index in [0.717, 1.165) is 14.5 Å². The van der Waals surface area contributed by atoms with Gasteiger partial charge in [0.05, 0.1) is 0 Å². The van der Waals surface area contributed by atoms with Gasteiger partial charge in [0.2, 0.25) is 0 Å². The van der Waals surface area contributed by atoms with Crippen molar-refractivity contribution in [2.75, 3.05) is 5.88 Å². The van der Waals surface area contributed by atoms with Gasteiger partial charge in [0.1, 0.15) is 0 Å². The maximum atomic E-state index is 5.52. The summed E-state index contributed by atoms with van der Waals surface area (Å²) in [7, 11) is 0. The fourth-order valence-corrected chi connectivity index (χ4v) is 2.27. The summed E-state index contributed by atoms with van der Waals surface area (Å²) in [4.78, 5) is 0. The first-order chi connectivity index (χ1) is 5.72. The van der Waals surface area contributed by atoms with E-state index in [1.165, 1.54) is 0 Å². The summed E-state index contributed by atoms with van der Waals surface area (Å²) in [5.74, 6) is 0.546. The van der Waals surface area contributed by atoms with Gasteiger partial charge >= 0.3 is 0 Å². The molecule has 0 atom stereocenters. The van der Waals surface area contributed by atoms with Gasteiger partial charge in [-0.25, -0.2) is 0 Å². The van der Waals surface area contributed by atoms with E-state index >= 15 is 0 Å². The third kappa shape index (κ3) is 3.30. The fourth-order valence-electron chi connectivity index (χ4n) is 0.852. The fraction of sp³-hybridized carbons (Fsp3) is 0.111. The summed E-state index contributed by atoms with van der Waals surface area (Å²) in [5.41, 5.74) is 1.14. The molecule has 0 saturated heterocycles. The Hall–Kier alpha value is 0.210. The Morgan fingerprint density at radius 3 is 2.25 bits per heavy atom. The Bertz CT molecular complexity index is 274. The van der Waals surface area contributed by atoms with Crippen LogP contribution in [0.3, 0.4) is 0 Å². The predicted molar refractivity (Wildman–Crippen MR) is 61.6 cm³/mol. The van der Waals surface area contributed by atoms with Crippen LogP contribution in [0, 0.1) is 0 Å². The van der Waals surface area contributed by atoms with Gasteiger partial charge in [0.25, 0.3) is 0 Å². The van der Waals surface area contributed by atoms with Crippen LogP contribution in [-0.2, 0) is 0 Å². The van der Waals surface area contributed by atoms with Crippen LogP contribution in [-0.4, -0.2) is 5.88 Å². The number of benzene rings is 1. The highest BCUT2D eigenvalue weighted by molar-refractivity contribution is 9.11. The minimum atomic E-state index is 0.546. The van der Waals surface area contributed by atoms with Crippen molar-refractivity contribution in [1.29, 1.82) is 0 Å². The van der Waals surface area contributed by atoms with Crippen LogP contribution in [0.15, 0.2) is 33.2 Å². The first-order valence-corrected chi connectivity index (χ1v) is 5.53. The second kappa shape index (κ2) is 5.05. The van der Waals surface area contributed by atoms with E-state index in [0.29, 0.717) is 5.88 Å². The minimum absolute atomic E-state index is 0.546. The lowest BCUT2D eigenvalue weighted by atomic mass is 10.2. The van der Waals surface area contributed by atoms with Crippen LogP contribution in [0.25, 0.3) is 6.08 Å². The van der Waals surface area contributed by atoms with Crippen LogP contribution >= 0.6 is 43.5 Å². The van der Waals surface area contributed by atoms with Crippen molar-refractivity contribution in [1.82, 2.24) is 0 Å². The second-order valence-electron chi connectivity index (χ2n) is 2.26. The molecule has 0 radical (unpaired) electrons. The maximum absolute atomic E-state index is 5.52. The molecule has 1 rings (SSSR count). The number of halogens is 3. The van der Waals surface area contributed by atoms with Gasteiger partial charge in [-0.15, -0.1) is 11.6 Å². The molecule has 0 spiro atoms. The molecule has 64 valence electrons. The van der Waals surface area contributed by atoms with Crippen molar-refractivity contribution in [3.05, 3.63) is 38.8 Å². The molecule has 12 heavy (non-hydrogen) atoms. The van der Waals surface area contributed by atoms with Crippen molar-refractivity contribution in [2.45, 2.75) is 0 Å². The zero-order chi connectivity index (χ0) is 8.97. The van der Waals surface area contributed by atoms with E-state index < -0.39 is 0 Å². The number of hydrogen-bond acceptors (Lipinski definition) is 0. The molecule has 0 amide bonds. The molecule has 0 fully saturated rings. The maximum Gasteiger partial charge on any atom is 0.0407 e. The van der Waals surface area contributed by atoms with E-state index in [2.05, 4.69) is 31.9 Å². The molecule has 1 aromatic rings. The highest BCUT2D eigenvalue weighted by Gasteiger charge is 1.93. The minimum Gasteiger partial charge on any atom is -0.122 e. The van der Waals surface area contributed by atoms with Crippen molar-refractivity contribution in [2.24, 2.45) is 0 Å². The van der Waals surface area contributed by atoms with Crippen LogP contribution in [0.1, 0.15) is 5.56 Å². The first-order valence-electron chi connectivity index (χ1n) is 3.41. The molecule has 0 aliphatic rings. The quantitative estimate of drug-likeness (QED) is 0.707. The van der Waals surface area contributed by atoms with Gasteiger partial charge < -0.3 is 0 Å². The van der Waals surface area contributed by atoms with Crippen LogP contribution in [0.2, 0.25) is 0 Å². The lowest BCUT2D eigenvalue weighted by Gasteiger charge is -1.96. The second-order valence-corrected chi connectivity index (χ2v) is 4.40. The summed E-state index contributed by atoms with van der Waals surface area (Å²) in [6, 6.07) is 6.07. The predicted octanol–water partition coefficient (Wildman–Crippen LogP) is 4.46. The van der Waals surface area contributed by atoms with Crippen molar-refractivity contribution in [3.63, 3.8) is 0 Å². The molecule has 1 aromatic carbocycles. The molecule has 0 nitrogen and oxygen atoms in total. The van der Waals surface area contributed by atoms with Crippen LogP contribution in [0.5, 0.6) is 0 Å². The Morgan fingerprint density at radius 1 is 1.17 bits per heavy atom. The average molecular weight is 310 g/mol. The van der Waals surface area contributed by atoms with Gasteiger partial charge in [-0.3, -0.25) is 0 Å². The monoisotopic (exact) mass is 308 g/mol. The lowest BCUT2D eigenvalue weighted by Crippen LogP contribution is -1.74. The third-order valence-corrected chi connectivity index (χ3v) is 2.38. The standard InChI is InChI=1S/C9H7Br2Cl/c10-8-4-7(2-1-3-12)5-9(11)6-8/h1-2,4-6H,3H2/b2-1+. The number of rotatable bonds is 2. The number of allylic oxidation sites excluding steroid dienone is 1. The smallest absolute Gasteiger partial charge is 0.0407 e. The lowest BCUT2D eigenvalue weighted by molar-refractivity contribution is 1.56. The van der Waals surface area contributed by atoms with Gasteiger partial charge in [0, 0.05) is 14.8 Å². The topological polar surface area (TPSA) is 0 Å². The Kier molecular flexibility index (Phi) is 4.33. The summed E-state index contributed by atoms with van der Waals surface area (Å²) < 4.78 is 2.12. The molecular weight excluding hydrogens is 303 g/mol. The SMILES string of the molecule is ClC/C=C/c1cc(Br)cc(Br)c1. The van der Waals surface area contributed by atoms with E-state index in [1.54, 1.807) is 0 Å². The Morgan fingerprint density at radius 2 is 1.75 bits per heavy atom. The molecule has 0 aliphatic heterocycles. The normalized spacial score (nSPS) is 10.9. The van der Waals surface area contributed by atoms with Crippen molar-refractivity contribution in [3.8, 4) is 0 Å². The van der Waals surface area contributed by atoms with Crippen molar-refractivity contribution >= 4 is 49.5 Å². The van der Waals surface area contributed by atoms with Gasteiger partial charge in [-0.05, 0) is 23.8 Å². The number of hydrogen-bond donors (Lipinski definition) is 0. The molecule has 0 bridgehead atoms.